The van der Waals surface area contributed by atoms with E-state index in [1.807, 2.05) is 59.3 Å². The molecule has 36 heavy (non-hydrogen) atoms. The zero-order chi connectivity index (χ0) is 25.9. The SMILES string of the molecule is C#CCOCC(O)CN(Cc1c(CC)nn(-c2ccccc2)c1Oc1ccc(OC)cc1)CC(C)C. The van der Waals surface area contributed by atoms with Crippen LogP contribution in [0.2, 0.25) is 0 Å². The molecule has 1 atom stereocenters. The third-order valence-corrected chi connectivity index (χ3v) is 5.60. The summed E-state index contributed by atoms with van der Waals surface area (Å²) in [5.41, 5.74) is 2.86. The number of nitrogens with zero attached hydrogens (tertiary/aromatic N) is 3. The van der Waals surface area contributed by atoms with Gasteiger partial charge in [-0.25, -0.2) is 4.68 Å². The second-order valence-corrected chi connectivity index (χ2v) is 9.07. The van der Waals surface area contributed by atoms with Gasteiger partial charge >= 0.3 is 0 Å². The quantitative estimate of drug-likeness (QED) is 0.260. The normalized spacial score (nSPS) is 12.1. The van der Waals surface area contributed by atoms with E-state index in [0.717, 1.165) is 35.7 Å². The summed E-state index contributed by atoms with van der Waals surface area (Å²) in [5.74, 6) is 4.96. The highest BCUT2D eigenvalue weighted by molar-refractivity contribution is 5.44. The third-order valence-electron chi connectivity index (χ3n) is 5.60. The highest BCUT2D eigenvalue weighted by atomic mass is 16.5. The van der Waals surface area contributed by atoms with Crippen LogP contribution in [0.15, 0.2) is 54.6 Å². The van der Waals surface area contributed by atoms with E-state index >= 15 is 0 Å². The van der Waals surface area contributed by atoms with E-state index in [4.69, 9.17) is 25.7 Å². The van der Waals surface area contributed by atoms with Crippen molar-refractivity contribution < 1.29 is 19.3 Å². The number of aromatic nitrogens is 2. The minimum Gasteiger partial charge on any atom is -0.497 e. The summed E-state index contributed by atoms with van der Waals surface area (Å²) in [6.45, 7) is 8.62. The van der Waals surface area contributed by atoms with E-state index < -0.39 is 6.10 Å². The molecule has 3 aromatic rings. The Morgan fingerprint density at radius 2 is 1.75 bits per heavy atom. The molecule has 1 N–H and O–H groups in total. The van der Waals surface area contributed by atoms with Crippen LogP contribution in [-0.2, 0) is 17.7 Å². The fourth-order valence-electron chi connectivity index (χ4n) is 4.07. The summed E-state index contributed by atoms with van der Waals surface area (Å²) in [5, 5.41) is 15.5. The first-order valence-corrected chi connectivity index (χ1v) is 12.3. The predicted octanol–water partition coefficient (Wildman–Crippen LogP) is 4.70. The Hall–Kier alpha value is -3.31. The number of hydrogen-bond donors (Lipinski definition) is 1. The van der Waals surface area contributed by atoms with Crippen molar-refractivity contribution in [3.8, 4) is 35.4 Å². The van der Waals surface area contributed by atoms with Gasteiger partial charge in [0.1, 0.15) is 18.1 Å². The summed E-state index contributed by atoms with van der Waals surface area (Å²) >= 11 is 0. The van der Waals surface area contributed by atoms with Gasteiger partial charge in [0.2, 0.25) is 5.88 Å². The monoisotopic (exact) mass is 491 g/mol. The van der Waals surface area contributed by atoms with E-state index in [9.17, 15) is 5.11 Å². The number of para-hydroxylation sites is 1. The molecule has 0 bridgehead atoms. The zero-order valence-electron chi connectivity index (χ0n) is 21.7. The van der Waals surface area contributed by atoms with Crippen LogP contribution in [-0.4, -0.2) is 59.3 Å². The Bertz CT molecular complexity index is 1100. The van der Waals surface area contributed by atoms with E-state index in [1.54, 1.807) is 7.11 Å². The summed E-state index contributed by atoms with van der Waals surface area (Å²) in [6.07, 6.45) is 5.36. The van der Waals surface area contributed by atoms with Crippen LogP contribution in [0.1, 0.15) is 32.0 Å². The Kier molecular flexibility index (Phi) is 10.4. The number of ether oxygens (including phenoxy) is 3. The maximum absolute atomic E-state index is 10.6. The van der Waals surface area contributed by atoms with Crippen molar-refractivity contribution in [2.24, 2.45) is 5.92 Å². The van der Waals surface area contributed by atoms with Gasteiger partial charge in [0.25, 0.3) is 0 Å². The minimum atomic E-state index is -0.655. The lowest BCUT2D eigenvalue weighted by Crippen LogP contribution is -2.37. The van der Waals surface area contributed by atoms with Gasteiger partial charge < -0.3 is 19.3 Å². The highest BCUT2D eigenvalue weighted by Crippen LogP contribution is 2.33. The molecule has 192 valence electrons. The average Bonchev–Trinajstić information content (AvgIpc) is 3.21. The summed E-state index contributed by atoms with van der Waals surface area (Å²) in [4.78, 5) is 2.22. The first-order valence-electron chi connectivity index (χ1n) is 12.3. The van der Waals surface area contributed by atoms with Crippen molar-refractivity contribution in [2.45, 2.75) is 39.8 Å². The maximum atomic E-state index is 10.6. The Labute approximate surface area is 214 Å². The van der Waals surface area contributed by atoms with Crippen LogP contribution in [0.5, 0.6) is 17.4 Å². The number of methoxy groups -OCH3 is 1. The molecule has 7 nitrogen and oxygen atoms in total. The molecule has 0 aliphatic heterocycles. The fourth-order valence-corrected chi connectivity index (χ4v) is 4.07. The molecule has 0 aliphatic carbocycles. The first-order chi connectivity index (χ1) is 17.4. The zero-order valence-corrected chi connectivity index (χ0v) is 21.7. The van der Waals surface area contributed by atoms with Crippen LogP contribution < -0.4 is 9.47 Å². The van der Waals surface area contributed by atoms with Gasteiger partial charge in [-0.05, 0) is 48.7 Å². The molecular weight excluding hydrogens is 454 g/mol. The molecule has 0 saturated carbocycles. The van der Waals surface area contributed by atoms with Crippen LogP contribution in [0.3, 0.4) is 0 Å². The van der Waals surface area contributed by atoms with Crippen molar-refractivity contribution in [3.63, 3.8) is 0 Å². The molecule has 3 rings (SSSR count). The number of terminal acetylenes is 1. The number of benzene rings is 2. The molecule has 1 unspecified atom stereocenters. The summed E-state index contributed by atoms with van der Waals surface area (Å²) in [7, 11) is 1.64. The molecule has 1 heterocycles. The summed E-state index contributed by atoms with van der Waals surface area (Å²) in [6, 6.07) is 17.5. The van der Waals surface area contributed by atoms with E-state index in [-0.39, 0.29) is 13.2 Å². The standard InChI is InChI=1S/C29H37N3O4/c1-6-17-35-21-24(33)19-31(18-22(3)4)20-27-28(7-2)30-32(23-11-9-8-10-12-23)29(27)36-26-15-13-25(34-5)14-16-26/h1,8-16,22,24,33H,7,17-21H2,2-5H3. The van der Waals surface area contributed by atoms with E-state index in [1.165, 1.54) is 0 Å². The Balaban J connectivity index is 1.98. The van der Waals surface area contributed by atoms with Crippen molar-refractivity contribution >= 4 is 0 Å². The second-order valence-electron chi connectivity index (χ2n) is 9.07. The maximum Gasteiger partial charge on any atom is 0.227 e. The van der Waals surface area contributed by atoms with Gasteiger partial charge in [-0.1, -0.05) is 44.9 Å². The fraction of sp³-hybridized carbons (Fsp3) is 0.414. The van der Waals surface area contributed by atoms with Crippen molar-refractivity contribution in [1.29, 1.82) is 0 Å². The molecule has 2 aromatic carbocycles. The summed E-state index contributed by atoms with van der Waals surface area (Å²) < 4.78 is 19.0. The first kappa shape index (κ1) is 27.3. The molecule has 0 saturated heterocycles. The van der Waals surface area contributed by atoms with Gasteiger partial charge in [-0.3, -0.25) is 4.90 Å². The topological polar surface area (TPSA) is 69.0 Å². The number of rotatable bonds is 14. The van der Waals surface area contributed by atoms with Gasteiger partial charge in [0.05, 0.1) is 36.8 Å². The van der Waals surface area contributed by atoms with Crippen LogP contribution >= 0.6 is 0 Å². The van der Waals surface area contributed by atoms with E-state index in [0.29, 0.717) is 30.6 Å². The molecule has 1 aromatic heterocycles. The second kappa shape index (κ2) is 13.7. The van der Waals surface area contributed by atoms with Crippen molar-refractivity contribution in [1.82, 2.24) is 14.7 Å². The molecule has 0 amide bonds. The Morgan fingerprint density at radius 3 is 2.36 bits per heavy atom. The molecule has 7 heteroatoms. The third kappa shape index (κ3) is 7.59. The lowest BCUT2D eigenvalue weighted by molar-refractivity contribution is 0.0236. The van der Waals surface area contributed by atoms with Crippen molar-refractivity contribution in [2.75, 3.05) is 33.4 Å². The molecule has 0 radical (unpaired) electrons. The lowest BCUT2D eigenvalue weighted by Gasteiger charge is -2.27. The van der Waals surface area contributed by atoms with Crippen LogP contribution in [0, 0.1) is 18.3 Å². The lowest BCUT2D eigenvalue weighted by atomic mass is 10.1. The predicted molar refractivity (Wildman–Crippen MR) is 142 cm³/mol. The molecule has 0 spiro atoms. The average molecular weight is 492 g/mol. The smallest absolute Gasteiger partial charge is 0.227 e. The number of aliphatic hydroxyl groups excluding tert-OH is 1. The minimum absolute atomic E-state index is 0.185. The molecule has 0 fully saturated rings. The van der Waals surface area contributed by atoms with Gasteiger partial charge in [0, 0.05) is 19.6 Å². The van der Waals surface area contributed by atoms with Crippen LogP contribution in [0.25, 0.3) is 5.69 Å². The van der Waals surface area contributed by atoms with Gasteiger partial charge in [-0.15, -0.1) is 6.42 Å². The van der Waals surface area contributed by atoms with Crippen molar-refractivity contribution in [3.05, 3.63) is 65.9 Å². The van der Waals surface area contributed by atoms with Gasteiger partial charge in [-0.2, -0.15) is 5.10 Å². The number of aliphatic hydroxyl groups is 1. The van der Waals surface area contributed by atoms with Gasteiger partial charge in [0.15, 0.2) is 0 Å². The number of aryl methyl sites for hydroxylation is 1. The van der Waals surface area contributed by atoms with Crippen LogP contribution in [0.4, 0.5) is 0 Å². The number of hydrogen-bond acceptors (Lipinski definition) is 6. The highest BCUT2D eigenvalue weighted by Gasteiger charge is 2.24. The molecular formula is C29H37N3O4. The largest absolute Gasteiger partial charge is 0.497 e. The Morgan fingerprint density at radius 1 is 1.06 bits per heavy atom. The molecule has 0 aliphatic rings. The van der Waals surface area contributed by atoms with E-state index in [2.05, 4.69) is 31.6 Å².